The number of hydrogen-bond donors (Lipinski definition) is 1. The fourth-order valence-electron chi connectivity index (χ4n) is 3.07. The van der Waals surface area contributed by atoms with Gasteiger partial charge < -0.3 is 4.90 Å². The summed E-state index contributed by atoms with van der Waals surface area (Å²) in [5, 5.41) is 3.31. The quantitative estimate of drug-likeness (QED) is 0.796. The van der Waals surface area contributed by atoms with Crippen LogP contribution in [0.1, 0.15) is 52.4 Å². The second kappa shape index (κ2) is 5.17. The Labute approximate surface area is 98.6 Å². The number of hydrogen-bond acceptors (Lipinski definition) is 2. The molecule has 0 bridgehead atoms. The number of carbonyl (C=O) groups is 1. The number of nitrogens with one attached hydrogen (secondary N) is 1. The summed E-state index contributed by atoms with van der Waals surface area (Å²) in [6.07, 6.45) is 7.25. The zero-order valence-corrected chi connectivity index (χ0v) is 10.5. The zero-order chi connectivity index (χ0) is 11.5. The van der Waals surface area contributed by atoms with Crippen LogP contribution in [0, 0.1) is 5.92 Å². The molecule has 1 aliphatic heterocycles. The minimum absolute atomic E-state index is 0.0869. The Morgan fingerprint density at radius 2 is 1.88 bits per heavy atom. The van der Waals surface area contributed by atoms with Gasteiger partial charge in [0.1, 0.15) is 0 Å². The molecule has 1 amide bonds. The lowest BCUT2D eigenvalue weighted by atomic mass is 9.84. The molecule has 1 N–H and O–H groups in total. The van der Waals surface area contributed by atoms with Crippen molar-refractivity contribution in [3.05, 3.63) is 0 Å². The van der Waals surface area contributed by atoms with Gasteiger partial charge in [0.15, 0.2) is 0 Å². The summed E-state index contributed by atoms with van der Waals surface area (Å²) in [6, 6.07) is 0.600. The van der Waals surface area contributed by atoms with Gasteiger partial charge in [0.25, 0.3) is 0 Å². The topological polar surface area (TPSA) is 32.3 Å². The third-order valence-corrected chi connectivity index (χ3v) is 4.33. The first-order chi connectivity index (χ1) is 7.76. The van der Waals surface area contributed by atoms with E-state index in [1.165, 1.54) is 32.1 Å². The SMILES string of the molecule is CCC1CCC(N2CNC(CC)C2=O)CC1. The molecule has 2 rings (SSSR count). The second-order valence-corrected chi connectivity index (χ2v) is 5.21. The molecule has 3 nitrogen and oxygen atoms in total. The van der Waals surface area contributed by atoms with Crippen LogP contribution in [0.25, 0.3) is 0 Å². The van der Waals surface area contributed by atoms with Crippen molar-refractivity contribution < 1.29 is 4.79 Å². The van der Waals surface area contributed by atoms with Crippen molar-refractivity contribution in [2.24, 2.45) is 5.92 Å². The lowest BCUT2D eigenvalue weighted by Gasteiger charge is -2.34. The van der Waals surface area contributed by atoms with Gasteiger partial charge in [-0.2, -0.15) is 0 Å². The normalized spacial score (nSPS) is 35.8. The molecule has 16 heavy (non-hydrogen) atoms. The highest BCUT2D eigenvalue weighted by Gasteiger charge is 2.35. The third-order valence-electron chi connectivity index (χ3n) is 4.33. The molecule has 1 saturated heterocycles. The van der Waals surface area contributed by atoms with E-state index in [2.05, 4.69) is 24.1 Å². The van der Waals surface area contributed by atoms with Crippen LogP contribution in [0.15, 0.2) is 0 Å². The molecule has 1 saturated carbocycles. The molecular formula is C13H24N2O. The second-order valence-electron chi connectivity index (χ2n) is 5.21. The molecule has 1 atom stereocenters. The van der Waals surface area contributed by atoms with Crippen LogP contribution < -0.4 is 5.32 Å². The number of amides is 1. The van der Waals surface area contributed by atoms with Gasteiger partial charge in [-0.05, 0) is 38.0 Å². The van der Waals surface area contributed by atoms with Gasteiger partial charge in [-0.1, -0.05) is 20.3 Å². The van der Waals surface area contributed by atoms with Gasteiger partial charge in [-0.15, -0.1) is 0 Å². The number of carbonyl (C=O) groups excluding carboxylic acids is 1. The summed E-state index contributed by atoms with van der Waals surface area (Å²) in [4.78, 5) is 14.1. The molecule has 2 fully saturated rings. The summed E-state index contributed by atoms with van der Waals surface area (Å²) < 4.78 is 0. The smallest absolute Gasteiger partial charge is 0.241 e. The largest absolute Gasteiger partial charge is 0.326 e. The molecule has 1 unspecified atom stereocenters. The zero-order valence-electron chi connectivity index (χ0n) is 10.5. The molecule has 0 spiro atoms. The van der Waals surface area contributed by atoms with Crippen molar-refractivity contribution in [2.75, 3.05) is 6.67 Å². The van der Waals surface area contributed by atoms with E-state index in [1.54, 1.807) is 0 Å². The lowest BCUT2D eigenvalue weighted by molar-refractivity contribution is -0.131. The Bertz CT molecular complexity index is 246. The van der Waals surface area contributed by atoms with Crippen molar-refractivity contribution in [1.82, 2.24) is 10.2 Å². The maximum absolute atomic E-state index is 12.1. The van der Waals surface area contributed by atoms with E-state index in [1.807, 2.05) is 0 Å². The molecule has 92 valence electrons. The van der Waals surface area contributed by atoms with Crippen LogP contribution in [0.5, 0.6) is 0 Å². The van der Waals surface area contributed by atoms with E-state index < -0.39 is 0 Å². The van der Waals surface area contributed by atoms with Gasteiger partial charge in [0, 0.05) is 6.04 Å². The predicted octanol–water partition coefficient (Wildman–Crippen LogP) is 2.12. The van der Waals surface area contributed by atoms with E-state index in [9.17, 15) is 4.79 Å². The van der Waals surface area contributed by atoms with Crippen molar-refractivity contribution in [3.8, 4) is 0 Å². The number of rotatable bonds is 3. The third kappa shape index (κ3) is 2.24. The molecule has 0 radical (unpaired) electrons. The highest BCUT2D eigenvalue weighted by Crippen LogP contribution is 2.30. The van der Waals surface area contributed by atoms with Gasteiger partial charge in [-0.25, -0.2) is 0 Å². The van der Waals surface area contributed by atoms with Gasteiger partial charge in [-0.3, -0.25) is 10.1 Å². The first-order valence-corrected chi connectivity index (χ1v) is 6.80. The molecular weight excluding hydrogens is 200 g/mol. The standard InChI is InChI=1S/C13H24N2O/c1-3-10-5-7-11(8-6-10)15-9-14-12(4-2)13(15)16/h10-12,14H,3-9H2,1-2H3. The molecule has 1 aliphatic carbocycles. The Hall–Kier alpha value is -0.570. The van der Waals surface area contributed by atoms with Crippen molar-refractivity contribution in [2.45, 2.75) is 64.5 Å². The summed E-state index contributed by atoms with van der Waals surface area (Å²) in [7, 11) is 0. The van der Waals surface area contributed by atoms with Crippen LogP contribution in [-0.2, 0) is 4.79 Å². The van der Waals surface area contributed by atoms with Crippen LogP contribution in [0.2, 0.25) is 0 Å². The molecule has 0 aromatic carbocycles. The van der Waals surface area contributed by atoms with Crippen LogP contribution in [0.4, 0.5) is 0 Å². The van der Waals surface area contributed by atoms with Gasteiger partial charge >= 0.3 is 0 Å². The summed E-state index contributed by atoms with van der Waals surface area (Å²) in [5.74, 6) is 1.24. The number of nitrogens with zero attached hydrogens (tertiary/aromatic N) is 1. The Morgan fingerprint density at radius 1 is 1.19 bits per heavy atom. The average molecular weight is 224 g/mol. The Balaban J connectivity index is 1.88. The Morgan fingerprint density at radius 3 is 2.38 bits per heavy atom. The maximum atomic E-state index is 12.1. The van der Waals surface area contributed by atoms with E-state index >= 15 is 0 Å². The van der Waals surface area contributed by atoms with E-state index in [4.69, 9.17) is 0 Å². The summed E-state index contributed by atoms with van der Waals surface area (Å²) in [6.45, 7) is 5.13. The lowest BCUT2D eigenvalue weighted by Crippen LogP contribution is -2.40. The summed E-state index contributed by atoms with van der Waals surface area (Å²) in [5.41, 5.74) is 0. The molecule has 0 aromatic heterocycles. The first kappa shape index (κ1) is 11.9. The van der Waals surface area contributed by atoms with Crippen LogP contribution in [-0.4, -0.2) is 29.6 Å². The van der Waals surface area contributed by atoms with Crippen molar-refractivity contribution in [3.63, 3.8) is 0 Å². The Kier molecular flexibility index (Phi) is 3.85. The maximum Gasteiger partial charge on any atom is 0.241 e. The fourth-order valence-corrected chi connectivity index (χ4v) is 3.07. The highest BCUT2D eigenvalue weighted by molar-refractivity contribution is 5.84. The summed E-state index contributed by atoms with van der Waals surface area (Å²) >= 11 is 0. The van der Waals surface area contributed by atoms with E-state index in [0.717, 1.165) is 19.0 Å². The average Bonchev–Trinajstić information content (AvgIpc) is 2.70. The first-order valence-electron chi connectivity index (χ1n) is 6.80. The van der Waals surface area contributed by atoms with Crippen LogP contribution >= 0.6 is 0 Å². The molecule has 2 aliphatic rings. The van der Waals surface area contributed by atoms with E-state index in [0.29, 0.717) is 11.9 Å². The minimum atomic E-state index is 0.0869. The van der Waals surface area contributed by atoms with Crippen molar-refractivity contribution in [1.29, 1.82) is 0 Å². The molecule has 3 heteroatoms. The highest BCUT2D eigenvalue weighted by atomic mass is 16.2. The molecule has 1 heterocycles. The molecule has 0 aromatic rings. The van der Waals surface area contributed by atoms with Gasteiger partial charge in [0.2, 0.25) is 5.91 Å². The minimum Gasteiger partial charge on any atom is -0.326 e. The van der Waals surface area contributed by atoms with E-state index in [-0.39, 0.29) is 6.04 Å². The fraction of sp³-hybridized carbons (Fsp3) is 0.923. The monoisotopic (exact) mass is 224 g/mol. The van der Waals surface area contributed by atoms with Crippen molar-refractivity contribution >= 4 is 5.91 Å². The van der Waals surface area contributed by atoms with Crippen LogP contribution in [0.3, 0.4) is 0 Å². The predicted molar refractivity (Wildman–Crippen MR) is 65.0 cm³/mol. The van der Waals surface area contributed by atoms with Gasteiger partial charge in [0.05, 0.1) is 12.7 Å².